The van der Waals surface area contributed by atoms with Gasteiger partial charge >= 0.3 is 0 Å². The molecule has 40 heavy (non-hydrogen) atoms. The Kier molecular flexibility index (Phi) is 18.6. The van der Waals surface area contributed by atoms with E-state index < -0.39 is 0 Å². The number of unbranched alkanes of at least 4 members (excludes halogenated alkanes) is 2. The molecule has 8 heteroatoms. The van der Waals surface area contributed by atoms with Crippen molar-refractivity contribution >= 4 is 45.8 Å². The Balaban J connectivity index is 0.00000400. The zero-order valence-electron chi connectivity index (χ0n) is 25.6. The minimum absolute atomic E-state index is 0. The van der Waals surface area contributed by atoms with Gasteiger partial charge in [-0.1, -0.05) is 51.0 Å². The summed E-state index contributed by atoms with van der Waals surface area (Å²) in [5, 5.41) is 0. The molecule has 0 N–H and O–H groups in total. The fourth-order valence-electron chi connectivity index (χ4n) is 6.13. The van der Waals surface area contributed by atoms with Crippen molar-refractivity contribution in [2.45, 2.75) is 92.2 Å². The first-order chi connectivity index (χ1) is 18.5. The number of nitrogens with zero attached hydrogens (tertiary/aromatic N) is 4. The van der Waals surface area contributed by atoms with Crippen molar-refractivity contribution in [2.75, 3.05) is 52.4 Å². The zero-order valence-corrected chi connectivity index (χ0v) is 29.0. The summed E-state index contributed by atoms with van der Waals surface area (Å²) in [5.41, 5.74) is 2.64. The number of hydrogen-bond acceptors (Lipinski definition) is 4. The van der Waals surface area contributed by atoms with Gasteiger partial charge in [0.1, 0.15) is 0 Å². The molecule has 0 radical (unpaired) electrons. The third-order valence-electron chi connectivity index (χ3n) is 8.49. The molecule has 2 aliphatic rings. The highest BCUT2D eigenvalue weighted by atomic mass is 79.9. The zero-order chi connectivity index (χ0) is 27.3. The second-order valence-electron chi connectivity index (χ2n) is 11.5. The first-order valence-electron chi connectivity index (χ1n) is 15.6. The van der Waals surface area contributed by atoms with Crippen LogP contribution in [0.5, 0.6) is 0 Å². The molecule has 3 rings (SSSR count). The third kappa shape index (κ3) is 11.4. The van der Waals surface area contributed by atoms with Crippen LogP contribution in [0, 0.1) is 11.8 Å². The van der Waals surface area contributed by atoms with E-state index in [4.69, 9.17) is 0 Å². The van der Waals surface area contributed by atoms with Crippen LogP contribution in [-0.2, 0) is 22.7 Å². The highest BCUT2D eigenvalue weighted by molar-refractivity contribution is 8.93. The van der Waals surface area contributed by atoms with E-state index in [9.17, 15) is 9.59 Å². The molecule has 1 aromatic carbocycles. The second kappa shape index (κ2) is 20.0. The molecule has 0 aliphatic carbocycles. The molecule has 1 aromatic rings. The maximum absolute atomic E-state index is 13.1. The molecule has 0 spiro atoms. The summed E-state index contributed by atoms with van der Waals surface area (Å²) in [6.45, 7) is 17.7. The number of carbonyl (C=O) groups excluding carboxylic acids is 2. The Morgan fingerprint density at radius 2 is 1.07 bits per heavy atom. The van der Waals surface area contributed by atoms with Crippen molar-refractivity contribution in [2.24, 2.45) is 11.8 Å². The molecule has 2 amide bonds. The smallest absolute Gasteiger partial charge is 0.226 e. The van der Waals surface area contributed by atoms with E-state index in [1.54, 1.807) is 0 Å². The van der Waals surface area contributed by atoms with Crippen molar-refractivity contribution in [3.63, 3.8) is 0 Å². The highest BCUT2D eigenvalue weighted by Crippen LogP contribution is 2.23. The molecule has 2 saturated heterocycles. The lowest BCUT2D eigenvalue weighted by molar-refractivity contribution is -0.138. The Morgan fingerprint density at radius 3 is 1.40 bits per heavy atom. The predicted molar refractivity (Wildman–Crippen MR) is 177 cm³/mol. The van der Waals surface area contributed by atoms with Gasteiger partial charge in [0, 0.05) is 52.4 Å². The maximum Gasteiger partial charge on any atom is 0.226 e. The number of carbonyl (C=O) groups is 2. The van der Waals surface area contributed by atoms with Crippen LogP contribution < -0.4 is 0 Å². The minimum atomic E-state index is 0. The number of halogens is 2. The van der Waals surface area contributed by atoms with E-state index in [2.05, 4.69) is 71.6 Å². The van der Waals surface area contributed by atoms with Crippen molar-refractivity contribution in [1.82, 2.24) is 19.6 Å². The molecule has 2 atom stereocenters. The van der Waals surface area contributed by atoms with Crippen LogP contribution in [0.3, 0.4) is 0 Å². The van der Waals surface area contributed by atoms with Gasteiger partial charge in [0.25, 0.3) is 0 Å². The summed E-state index contributed by atoms with van der Waals surface area (Å²) in [7, 11) is 0. The average molecular weight is 689 g/mol. The Bertz CT molecular complexity index is 785. The lowest BCUT2D eigenvalue weighted by atomic mass is 9.95. The van der Waals surface area contributed by atoms with Gasteiger partial charge in [-0.15, -0.1) is 34.0 Å². The van der Waals surface area contributed by atoms with Crippen molar-refractivity contribution in [3.8, 4) is 0 Å². The monoisotopic (exact) mass is 686 g/mol. The number of amides is 2. The van der Waals surface area contributed by atoms with Gasteiger partial charge < -0.3 is 9.80 Å². The van der Waals surface area contributed by atoms with Gasteiger partial charge in [-0.2, -0.15) is 0 Å². The normalized spacial score (nSPS) is 19.8. The molecule has 2 unspecified atom stereocenters. The molecule has 2 aliphatic heterocycles. The van der Waals surface area contributed by atoms with E-state index >= 15 is 0 Å². The molecular weight excluding hydrogens is 632 g/mol. The first-order valence-corrected chi connectivity index (χ1v) is 15.6. The Labute approximate surface area is 265 Å². The summed E-state index contributed by atoms with van der Waals surface area (Å²) in [4.78, 5) is 35.3. The fourth-order valence-corrected chi connectivity index (χ4v) is 6.13. The predicted octanol–water partition coefficient (Wildman–Crippen LogP) is 6.56. The van der Waals surface area contributed by atoms with Gasteiger partial charge in [0.15, 0.2) is 0 Å². The lowest BCUT2D eigenvalue weighted by Crippen LogP contribution is -2.45. The SMILES string of the molecule is Br.Br.CCCCN(CC)C(=O)C1CCCN(Cc2ccc(CN3CCCC(C(=O)N(CC)CCCC)C3)cc2)C1. The topological polar surface area (TPSA) is 47.1 Å². The summed E-state index contributed by atoms with van der Waals surface area (Å²) in [6.07, 6.45) is 8.67. The molecule has 6 nitrogen and oxygen atoms in total. The molecule has 0 aromatic heterocycles. The van der Waals surface area contributed by atoms with Crippen molar-refractivity contribution in [1.29, 1.82) is 0 Å². The molecule has 2 heterocycles. The van der Waals surface area contributed by atoms with Crippen molar-refractivity contribution < 1.29 is 9.59 Å². The number of rotatable bonds is 14. The van der Waals surface area contributed by atoms with Crippen LogP contribution in [0.4, 0.5) is 0 Å². The standard InChI is InChI=1S/C32H54N4O2.2BrH/c1-5-9-21-35(7-3)31(37)29-13-11-19-33(25-29)23-27-15-17-28(18-16-27)24-34-20-12-14-30(26-34)32(38)36(8-4)22-10-6-2;;/h15-18,29-30H,5-14,19-26H2,1-4H3;2*1H. The van der Waals surface area contributed by atoms with E-state index in [-0.39, 0.29) is 45.8 Å². The van der Waals surface area contributed by atoms with Crippen LogP contribution in [0.15, 0.2) is 24.3 Å². The van der Waals surface area contributed by atoms with Crippen molar-refractivity contribution in [3.05, 3.63) is 35.4 Å². The quantitative estimate of drug-likeness (QED) is 0.222. The number of hydrogen-bond donors (Lipinski definition) is 0. The maximum atomic E-state index is 13.1. The van der Waals surface area contributed by atoms with Gasteiger partial charge in [0.2, 0.25) is 11.8 Å². The molecule has 2 fully saturated rings. The van der Waals surface area contributed by atoms with Crippen LogP contribution >= 0.6 is 34.0 Å². The van der Waals surface area contributed by atoms with Gasteiger partial charge in [-0.05, 0) is 76.6 Å². The summed E-state index contributed by atoms with van der Waals surface area (Å²) < 4.78 is 0. The third-order valence-corrected chi connectivity index (χ3v) is 8.49. The highest BCUT2D eigenvalue weighted by Gasteiger charge is 2.30. The van der Waals surface area contributed by atoms with E-state index in [1.807, 2.05) is 0 Å². The number of likely N-dealkylation sites (tertiary alicyclic amines) is 2. The van der Waals surface area contributed by atoms with Crippen LogP contribution in [0.2, 0.25) is 0 Å². The van der Waals surface area contributed by atoms with Gasteiger partial charge in [-0.25, -0.2) is 0 Å². The van der Waals surface area contributed by atoms with Crippen LogP contribution in [0.1, 0.15) is 90.2 Å². The number of benzene rings is 1. The van der Waals surface area contributed by atoms with Gasteiger partial charge in [-0.3, -0.25) is 19.4 Å². The first kappa shape index (κ1) is 37.1. The van der Waals surface area contributed by atoms with E-state index in [0.717, 1.165) is 117 Å². The molecule has 230 valence electrons. The Hall–Kier alpha value is -0.960. The number of piperidine rings is 2. The van der Waals surface area contributed by atoms with E-state index in [0.29, 0.717) is 11.8 Å². The second-order valence-corrected chi connectivity index (χ2v) is 11.5. The fraction of sp³-hybridized carbons (Fsp3) is 0.750. The molecular formula is C32H56Br2N4O2. The molecule has 0 saturated carbocycles. The summed E-state index contributed by atoms with van der Waals surface area (Å²) in [6, 6.07) is 9.04. The Morgan fingerprint density at radius 1 is 0.700 bits per heavy atom. The molecule has 0 bridgehead atoms. The lowest BCUT2D eigenvalue weighted by Gasteiger charge is -2.35. The average Bonchev–Trinajstić information content (AvgIpc) is 2.95. The largest absolute Gasteiger partial charge is 0.343 e. The van der Waals surface area contributed by atoms with Crippen LogP contribution in [0.25, 0.3) is 0 Å². The van der Waals surface area contributed by atoms with E-state index in [1.165, 1.54) is 11.1 Å². The van der Waals surface area contributed by atoms with Crippen LogP contribution in [-0.4, -0.2) is 83.8 Å². The van der Waals surface area contributed by atoms with Gasteiger partial charge in [0.05, 0.1) is 11.8 Å². The summed E-state index contributed by atoms with van der Waals surface area (Å²) in [5.74, 6) is 0.985. The summed E-state index contributed by atoms with van der Waals surface area (Å²) >= 11 is 0. The minimum Gasteiger partial charge on any atom is -0.343 e.